The van der Waals surface area contributed by atoms with Gasteiger partial charge in [0.2, 0.25) is 5.91 Å². The zero-order chi connectivity index (χ0) is 15.4. The molecule has 1 amide bonds. The largest absolute Gasteiger partial charge is 0.338 e. The van der Waals surface area contributed by atoms with Crippen molar-refractivity contribution in [2.24, 2.45) is 5.92 Å². The van der Waals surface area contributed by atoms with E-state index in [-0.39, 0.29) is 5.91 Å². The highest BCUT2D eigenvalue weighted by molar-refractivity contribution is 5.78. The van der Waals surface area contributed by atoms with Crippen LogP contribution in [-0.4, -0.2) is 36.5 Å². The molecule has 1 aromatic rings. The first kappa shape index (κ1) is 15.5. The maximum absolute atomic E-state index is 12.6. The monoisotopic (exact) mass is 300 g/mol. The molecule has 1 saturated carbocycles. The molecule has 0 bridgehead atoms. The van der Waals surface area contributed by atoms with Crippen LogP contribution in [0, 0.1) is 5.92 Å². The molecule has 1 N–H and O–H groups in total. The van der Waals surface area contributed by atoms with Crippen molar-refractivity contribution in [1.82, 2.24) is 10.2 Å². The molecule has 0 heterocycles. The van der Waals surface area contributed by atoms with Gasteiger partial charge in [0.1, 0.15) is 0 Å². The van der Waals surface area contributed by atoms with Gasteiger partial charge >= 0.3 is 0 Å². The molecule has 3 heteroatoms. The van der Waals surface area contributed by atoms with E-state index in [2.05, 4.69) is 41.4 Å². The summed E-state index contributed by atoms with van der Waals surface area (Å²) in [4.78, 5) is 14.7. The van der Waals surface area contributed by atoms with Gasteiger partial charge in [-0.1, -0.05) is 31.2 Å². The Balaban J connectivity index is 1.59. The van der Waals surface area contributed by atoms with Gasteiger partial charge in [0.05, 0.1) is 6.54 Å². The second kappa shape index (κ2) is 7.28. The van der Waals surface area contributed by atoms with Gasteiger partial charge in [-0.15, -0.1) is 0 Å². The van der Waals surface area contributed by atoms with Crippen LogP contribution in [0.3, 0.4) is 0 Å². The van der Waals surface area contributed by atoms with Crippen molar-refractivity contribution in [2.45, 2.75) is 51.5 Å². The van der Waals surface area contributed by atoms with Gasteiger partial charge in [-0.25, -0.2) is 0 Å². The number of nitrogens with zero attached hydrogens (tertiary/aromatic N) is 1. The lowest BCUT2D eigenvalue weighted by atomic mass is 9.87. The van der Waals surface area contributed by atoms with Crippen LogP contribution in [0.25, 0.3) is 0 Å². The number of rotatable bonds is 7. The Kier molecular flexibility index (Phi) is 5.14. The Morgan fingerprint density at radius 2 is 2.00 bits per heavy atom. The number of amides is 1. The molecule has 2 aliphatic carbocycles. The summed E-state index contributed by atoms with van der Waals surface area (Å²) >= 11 is 0. The molecule has 1 atom stereocenters. The third-order valence-electron chi connectivity index (χ3n) is 4.95. The fourth-order valence-corrected chi connectivity index (χ4v) is 3.50. The maximum Gasteiger partial charge on any atom is 0.236 e. The Morgan fingerprint density at radius 3 is 2.73 bits per heavy atom. The third-order valence-corrected chi connectivity index (χ3v) is 4.95. The quantitative estimate of drug-likeness (QED) is 0.840. The molecule has 22 heavy (non-hydrogen) atoms. The summed E-state index contributed by atoms with van der Waals surface area (Å²) in [5, 5.41) is 3.35. The number of nitrogens with one attached hydrogen (secondary N) is 1. The van der Waals surface area contributed by atoms with E-state index in [1.807, 2.05) is 0 Å². The number of carbonyl (C=O) groups excluding carboxylic acids is 1. The van der Waals surface area contributed by atoms with Crippen LogP contribution in [0.1, 0.15) is 43.7 Å². The molecule has 0 radical (unpaired) electrons. The molecule has 0 aromatic heterocycles. The molecule has 0 spiro atoms. The minimum Gasteiger partial charge on any atom is -0.338 e. The molecule has 2 aliphatic rings. The predicted octanol–water partition coefficient (Wildman–Crippen LogP) is 2.78. The first-order valence-electron chi connectivity index (χ1n) is 8.85. The van der Waals surface area contributed by atoms with E-state index in [4.69, 9.17) is 0 Å². The van der Waals surface area contributed by atoms with Crippen molar-refractivity contribution in [3.63, 3.8) is 0 Å². The fraction of sp³-hybridized carbons (Fsp3) is 0.632. The van der Waals surface area contributed by atoms with Crippen LogP contribution < -0.4 is 5.32 Å². The summed E-state index contributed by atoms with van der Waals surface area (Å²) < 4.78 is 0. The highest BCUT2D eigenvalue weighted by Gasteiger charge is 2.27. The molecule has 0 aliphatic heterocycles. The van der Waals surface area contributed by atoms with Gasteiger partial charge in [0.15, 0.2) is 0 Å². The van der Waals surface area contributed by atoms with Gasteiger partial charge in [0, 0.05) is 12.6 Å². The summed E-state index contributed by atoms with van der Waals surface area (Å²) in [6.45, 7) is 4.57. The van der Waals surface area contributed by atoms with E-state index in [1.54, 1.807) is 0 Å². The summed E-state index contributed by atoms with van der Waals surface area (Å²) in [6, 6.07) is 9.07. The average molecular weight is 300 g/mol. The lowest BCUT2D eigenvalue weighted by molar-refractivity contribution is -0.132. The average Bonchev–Trinajstić information content (AvgIpc) is 3.36. The second-order valence-corrected chi connectivity index (χ2v) is 6.83. The van der Waals surface area contributed by atoms with Gasteiger partial charge in [-0.2, -0.15) is 0 Å². The normalized spacial score (nSPS) is 20.5. The van der Waals surface area contributed by atoms with Crippen molar-refractivity contribution in [2.75, 3.05) is 19.6 Å². The first-order valence-corrected chi connectivity index (χ1v) is 8.85. The number of hydrogen-bond acceptors (Lipinski definition) is 2. The predicted molar refractivity (Wildman–Crippen MR) is 89.9 cm³/mol. The van der Waals surface area contributed by atoms with E-state index < -0.39 is 0 Å². The minimum atomic E-state index is 0.284. The van der Waals surface area contributed by atoms with E-state index >= 15 is 0 Å². The van der Waals surface area contributed by atoms with Crippen LogP contribution in [0.5, 0.6) is 0 Å². The minimum absolute atomic E-state index is 0.284. The zero-order valence-corrected chi connectivity index (χ0v) is 13.7. The van der Waals surface area contributed by atoms with E-state index in [1.165, 1.54) is 24.0 Å². The molecule has 0 saturated heterocycles. The smallest absolute Gasteiger partial charge is 0.236 e. The highest BCUT2D eigenvalue weighted by Crippen LogP contribution is 2.27. The van der Waals surface area contributed by atoms with Gasteiger partial charge < -0.3 is 10.2 Å². The van der Waals surface area contributed by atoms with Gasteiger partial charge in [-0.3, -0.25) is 4.79 Å². The van der Waals surface area contributed by atoms with Crippen molar-refractivity contribution in [3.8, 4) is 0 Å². The van der Waals surface area contributed by atoms with Crippen LogP contribution >= 0.6 is 0 Å². The van der Waals surface area contributed by atoms with E-state index in [0.717, 1.165) is 44.7 Å². The van der Waals surface area contributed by atoms with Crippen LogP contribution in [0.15, 0.2) is 24.3 Å². The Bertz CT molecular complexity index is 510. The van der Waals surface area contributed by atoms with Crippen LogP contribution in [-0.2, 0) is 17.6 Å². The molecule has 120 valence electrons. The SMILES string of the molecule is CCCN(C(=O)CNCC1CC1)C1CCc2ccccc2C1. The van der Waals surface area contributed by atoms with Crippen molar-refractivity contribution >= 4 is 5.91 Å². The lowest BCUT2D eigenvalue weighted by Gasteiger charge is -2.35. The standard InChI is InChI=1S/C19H28N2O/c1-2-11-21(19(22)14-20-13-15-7-8-15)18-10-9-16-5-3-4-6-17(16)12-18/h3-6,15,18,20H,2,7-14H2,1H3. The van der Waals surface area contributed by atoms with Crippen molar-refractivity contribution in [3.05, 3.63) is 35.4 Å². The van der Waals surface area contributed by atoms with Gasteiger partial charge in [-0.05, 0) is 62.1 Å². The number of benzene rings is 1. The van der Waals surface area contributed by atoms with E-state index in [9.17, 15) is 4.79 Å². The molecule has 1 aromatic carbocycles. The Labute approximate surface area is 134 Å². The third kappa shape index (κ3) is 3.89. The maximum atomic E-state index is 12.6. The van der Waals surface area contributed by atoms with Crippen molar-refractivity contribution < 1.29 is 4.79 Å². The molecule has 3 nitrogen and oxygen atoms in total. The van der Waals surface area contributed by atoms with Crippen molar-refractivity contribution in [1.29, 1.82) is 0 Å². The summed E-state index contributed by atoms with van der Waals surface area (Å²) in [5.74, 6) is 1.11. The summed E-state index contributed by atoms with van der Waals surface area (Å²) in [7, 11) is 0. The number of carbonyl (C=O) groups is 1. The number of aryl methyl sites for hydroxylation is 1. The number of fused-ring (bicyclic) bond motifs is 1. The molecular weight excluding hydrogens is 272 g/mol. The second-order valence-electron chi connectivity index (χ2n) is 6.83. The fourth-order valence-electron chi connectivity index (χ4n) is 3.50. The molecule has 3 rings (SSSR count). The van der Waals surface area contributed by atoms with Gasteiger partial charge in [0.25, 0.3) is 0 Å². The zero-order valence-electron chi connectivity index (χ0n) is 13.7. The molecule has 1 fully saturated rings. The topological polar surface area (TPSA) is 32.3 Å². The van der Waals surface area contributed by atoms with Crippen LogP contribution in [0.2, 0.25) is 0 Å². The highest BCUT2D eigenvalue weighted by atomic mass is 16.2. The van der Waals surface area contributed by atoms with E-state index in [0.29, 0.717) is 12.6 Å². The summed E-state index contributed by atoms with van der Waals surface area (Å²) in [6.07, 6.45) is 6.92. The molecule has 1 unspecified atom stereocenters. The molecular formula is C19H28N2O. The van der Waals surface area contributed by atoms with Crippen LogP contribution in [0.4, 0.5) is 0 Å². The first-order chi connectivity index (χ1) is 10.8. The summed E-state index contributed by atoms with van der Waals surface area (Å²) in [5.41, 5.74) is 2.90. The lowest BCUT2D eigenvalue weighted by Crippen LogP contribution is -2.47. The number of hydrogen-bond donors (Lipinski definition) is 1. The Hall–Kier alpha value is -1.35. The Morgan fingerprint density at radius 1 is 1.23 bits per heavy atom.